The predicted octanol–water partition coefficient (Wildman–Crippen LogP) is 4.92. The molecular formula is C20H16BrIN2O4. The molecule has 0 aliphatic rings. The van der Waals surface area contributed by atoms with E-state index >= 15 is 0 Å². The van der Waals surface area contributed by atoms with Crippen molar-refractivity contribution in [3.63, 3.8) is 0 Å². The molecular weight excluding hydrogens is 539 g/mol. The molecule has 0 spiro atoms. The van der Waals surface area contributed by atoms with Crippen molar-refractivity contribution < 1.29 is 19.1 Å². The lowest BCUT2D eigenvalue weighted by Gasteiger charge is -2.12. The van der Waals surface area contributed by atoms with Crippen LogP contribution < -0.4 is 14.8 Å². The fourth-order valence-corrected chi connectivity index (χ4v) is 3.34. The molecule has 0 atom stereocenters. The molecule has 2 aromatic carbocycles. The van der Waals surface area contributed by atoms with Gasteiger partial charge < -0.3 is 14.8 Å². The number of benzene rings is 2. The third-order valence-electron chi connectivity index (χ3n) is 3.34. The van der Waals surface area contributed by atoms with E-state index < -0.39 is 11.9 Å². The molecule has 0 saturated carbocycles. The summed E-state index contributed by atoms with van der Waals surface area (Å²) in [6.07, 6.45) is 1.44. The number of nitriles is 1. The number of nitrogens with one attached hydrogen (secondary N) is 1. The molecule has 2 aromatic rings. The number of rotatable bonds is 6. The zero-order valence-corrected chi connectivity index (χ0v) is 18.8. The number of ether oxygens (including phenoxy) is 2. The maximum atomic E-state index is 12.5. The molecule has 0 aliphatic carbocycles. The highest BCUT2D eigenvalue weighted by molar-refractivity contribution is 14.1. The van der Waals surface area contributed by atoms with Gasteiger partial charge in [-0.25, -0.2) is 0 Å². The zero-order valence-electron chi connectivity index (χ0n) is 15.1. The topological polar surface area (TPSA) is 88.4 Å². The van der Waals surface area contributed by atoms with Crippen molar-refractivity contribution in [1.82, 2.24) is 0 Å². The quantitative estimate of drug-likeness (QED) is 0.180. The molecule has 6 nitrogen and oxygen atoms in total. The minimum atomic E-state index is -0.525. The Morgan fingerprint density at radius 3 is 2.68 bits per heavy atom. The van der Waals surface area contributed by atoms with Gasteiger partial charge in [-0.1, -0.05) is 6.07 Å². The van der Waals surface area contributed by atoms with Crippen LogP contribution in [0.2, 0.25) is 0 Å². The van der Waals surface area contributed by atoms with Crippen molar-refractivity contribution in [2.24, 2.45) is 0 Å². The summed E-state index contributed by atoms with van der Waals surface area (Å²) in [4.78, 5) is 23.8. The van der Waals surface area contributed by atoms with E-state index in [0.717, 1.165) is 3.57 Å². The van der Waals surface area contributed by atoms with Crippen molar-refractivity contribution in [1.29, 1.82) is 5.26 Å². The molecule has 8 heteroatoms. The van der Waals surface area contributed by atoms with E-state index in [2.05, 4.69) is 43.8 Å². The zero-order chi connectivity index (χ0) is 20.7. The molecule has 1 amide bonds. The molecule has 0 fully saturated rings. The van der Waals surface area contributed by atoms with E-state index in [-0.39, 0.29) is 11.3 Å². The summed E-state index contributed by atoms with van der Waals surface area (Å²) >= 11 is 5.47. The highest BCUT2D eigenvalue weighted by Gasteiger charge is 2.15. The number of halogens is 2. The number of anilines is 1. The van der Waals surface area contributed by atoms with Crippen LogP contribution in [0.15, 0.2) is 46.4 Å². The molecule has 0 radical (unpaired) electrons. The Balaban J connectivity index is 2.36. The molecule has 0 aliphatic heterocycles. The molecule has 144 valence electrons. The maximum absolute atomic E-state index is 12.5. The second-order valence-corrected chi connectivity index (χ2v) is 7.59. The Bertz CT molecular complexity index is 983. The van der Waals surface area contributed by atoms with Crippen LogP contribution in [-0.4, -0.2) is 18.5 Å². The summed E-state index contributed by atoms with van der Waals surface area (Å²) in [5.74, 6) is -0.441. The van der Waals surface area contributed by atoms with Gasteiger partial charge in [-0.3, -0.25) is 9.59 Å². The molecule has 2 rings (SSSR count). The van der Waals surface area contributed by atoms with Gasteiger partial charge in [-0.15, -0.1) is 0 Å². The third kappa shape index (κ3) is 6.07. The van der Waals surface area contributed by atoms with Gasteiger partial charge in [0.2, 0.25) is 0 Å². The van der Waals surface area contributed by atoms with Gasteiger partial charge in [0.1, 0.15) is 11.6 Å². The van der Waals surface area contributed by atoms with Crippen molar-refractivity contribution in [3.8, 4) is 17.6 Å². The average molecular weight is 555 g/mol. The summed E-state index contributed by atoms with van der Waals surface area (Å²) in [7, 11) is 0. The molecule has 1 N–H and O–H groups in total. The molecule has 0 saturated heterocycles. The van der Waals surface area contributed by atoms with Crippen LogP contribution >= 0.6 is 38.5 Å². The van der Waals surface area contributed by atoms with Gasteiger partial charge in [0.25, 0.3) is 5.91 Å². The van der Waals surface area contributed by atoms with Crippen LogP contribution in [0.3, 0.4) is 0 Å². The van der Waals surface area contributed by atoms with E-state index in [1.54, 1.807) is 31.2 Å². The average Bonchev–Trinajstić information content (AvgIpc) is 2.62. The minimum absolute atomic E-state index is 0.0755. The normalized spacial score (nSPS) is 10.8. The first-order valence-corrected chi connectivity index (χ1v) is 10.0. The smallest absolute Gasteiger partial charge is 0.308 e. The highest BCUT2D eigenvalue weighted by atomic mass is 127. The fourth-order valence-electron chi connectivity index (χ4n) is 2.26. The lowest BCUT2D eigenvalue weighted by atomic mass is 10.1. The first-order chi connectivity index (χ1) is 13.3. The molecule has 0 heterocycles. The van der Waals surface area contributed by atoms with Crippen LogP contribution in [-0.2, 0) is 9.59 Å². The molecule has 28 heavy (non-hydrogen) atoms. The number of esters is 1. The largest absolute Gasteiger partial charge is 0.490 e. The second kappa shape index (κ2) is 10.2. The maximum Gasteiger partial charge on any atom is 0.308 e. The first kappa shape index (κ1) is 21.9. The van der Waals surface area contributed by atoms with E-state index in [0.29, 0.717) is 28.1 Å². The SMILES string of the molecule is CCOc1cc(/C=C(\C#N)C(=O)Nc2cccc(I)c2)cc(Br)c1OC(C)=O. The Morgan fingerprint density at radius 1 is 1.32 bits per heavy atom. The fraction of sp³-hybridized carbons (Fsp3) is 0.150. The summed E-state index contributed by atoms with van der Waals surface area (Å²) in [6.45, 7) is 3.44. The number of hydrogen-bond donors (Lipinski definition) is 1. The van der Waals surface area contributed by atoms with Crippen molar-refractivity contribution in [2.45, 2.75) is 13.8 Å². The Labute approximate surface area is 184 Å². The van der Waals surface area contributed by atoms with Gasteiger partial charge in [-0.05, 0) is 87.4 Å². The lowest BCUT2D eigenvalue weighted by molar-refractivity contribution is -0.132. The van der Waals surface area contributed by atoms with Crippen molar-refractivity contribution in [3.05, 3.63) is 55.6 Å². The van der Waals surface area contributed by atoms with Gasteiger partial charge >= 0.3 is 5.97 Å². The van der Waals surface area contributed by atoms with Crippen molar-refractivity contribution >= 4 is 62.2 Å². The first-order valence-electron chi connectivity index (χ1n) is 8.17. The molecule has 0 aromatic heterocycles. The third-order valence-corrected chi connectivity index (χ3v) is 4.60. The number of hydrogen-bond acceptors (Lipinski definition) is 5. The number of nitrogens with zero attached hydrogens (tertiary/aromatic N) is 1. The minimum Gasteiger partial charge on any atom is -0.490 e. The Morgan fingerprint density at radius 2 is 2.07 bits per heavy atom. The lowest BCUT2D eigenvalue weighted by Crippen LogP contribution is -2.13. The summed E-state index contributed by atoms with van der Waals surface area (Å²) < 4.78 is 12.1. The van der Waals surface area contributed by atoms with Crippen LogP contribution in [0, 0.1) is 14.9 Å². The van der Waals surface area contributed by atoms with Crippen LogP contribution in [0.25, 0.3) is 6.08 Å². The van der Waals surface area contributed by atoms with Gasteiger partial charge in [0.15, 0.2) is 11.5 Å². The van der Waals surface area contributed by atoms with Crippen LogP contribution in [0.5, 0.6) is 11.5 Å². The van der Waals surface area contributed by atoms with Crippen LogP contribution in [0.4, 0.5) is 5.69 Å². The molecule has 0 bridgehead atoms. The van der Waals surface area contributed by atoms with E-state index in [1.165, 1.54) is 13.0 Å². The summed E-state index contributed by atoms with van der Waals surface area (Å²) in [5, 5.41) is 12.1. The van der Waals surface area contributed by atoms with E-state index in [9.17, 15) is 14.9 Å². The number of carbonyl (C=O) groups excluding carboxylic acids is 2. The van der Waals surface area contributed by atoms with E-state index in [4.69, 9.17) is 9.47 Å². The predicted molar refractivity (Wildman–Crippen MR) is 118 cm³/mol. The van der Waals surface area contributed by atoms with E-state index in [1.807, 2.05) is 18.2 Å². The molecule has 0 unspecified atom stereocenters. The summed E-state index contributed by atoms with van der Waals surface area (Å²) in [5.41, 5.74) is 1.06. The Kier molecular flexibility index (Phi) is 8.02. The van der Waals surface area contributed by atoms with Gasteiger partial charge in [0.05, 0.1) is 11.1 Å². The second-order valence-electron chi connectivity index (χ2n) is 5.49. The van der Waals surface area contributed by atoms with Crippen LogP contribution in [0.1, 0.15) is 19.4 Å². The van der Waals surface area contributed by atoms with Gasteiger partial charge in [-0.2, -0.15) is 5.26 Å². The number of amides is 1. The highest BCUT2D eigenvalue weighted by Crippen LogP contribution is 2.37. The van der Waals surface area contributed by atoms with Gasteiger partial charge in [0, 0.05) is 16.2 Å². The van der Waals surface area contributed by atoms with Crippen molar-refractivity contribution in [2.75, 3.05) is 11.9 Å². The Hall–Kier alpha value is -2.38. The summed E-state index contributed by atoms with van der Waals surface area (Å²) in [6, 6.07) is 12.4. The number of carbonyl (C=O) groups is 2. The monoisotopic (exact) mass is 554 g/mol. The standard InChI is InChI=1S/C20H16BrIN2O4/c1-3-27-18-9-13(8-17(21)19(18)28-12(2)25)7-14(11-23)20(26)24-16-6-4-5-15(22)10-16/h4-10H,3H2,1-2H3,(H,24,26)/b14-7+.